The Bertz CT molecular complexity index is 2450. The maximum absolute atomic E-state index is 13.8. The molecule has 64 heavy (non-hydrogen) atoms. The first-order chi connectivity index (χ1) is 30.5. The molecule has 5 aromatic carbocycles. The minimum Gasteiger partial charge on any atom is -0.390 e. The van der Waals surface area contributed by atoms with Crippen LogP contribution in [0.3, 0.4) is 0 Å². The van der Waals surface area contributed by atoms with Gasteiger partial charge in [-0.1, -0.05) is 97.1 Å². The van der Waals surface area contributed by atoms with Gasteiger partial charge in [0.2, 0.25) is 15.9 Å². The fourth-order valence-corrected chi connectivity index (χ4v) is 7.61. The van der Waals surface area contributed by atoms with Crippen molar-refractivity contribution in [3.05, 3.63) is 172 Å². The Kier molecular flexibility index (Phi) is 17.3. The Labute approximate surface area is 375 Å². The average Bonchev–Trinajstić information content (AvgIpc) is 3.85. The molecule has 1 heterocycles. The number of nitrogens with zero attached hydrogens (tertiary/aromatic N) is 2. The van der Waals surface area contributed by atoms with Crippen molar-refractivity contribution in [3.8, 4) is 0 Å². The van der Waals surface area contributed by atoms with E-state index in [0.29, 0.717) is 24.2 Å². The summed E-state index contributed by atoms with van der Waals surface area (Å²) < 4.78 is 31.6. The molecule has 0 aliphatic carbocycles. The number of aliphatic hydroxyl groups is 1. The summed E-state index contributed by atoms with van der Waals surface area (Å²) in [5.41, 5.74) is 9.18. The summed E-state index contributed by atoms with van der Waals surface area (Å²) in [6.45, 7) is 4.69. The number of rotatable bonds is 17. The minimum absolute atomic E-state index is 0.0910. The SMILES string of the molecule is CC(NC(=O)c1cc(C(=O)NC(Cc2ccccc2)C(O)CN(C)C2CCCO2)cc(N(C)S(C)(=O)=O)c1)c1ccccc1.CC(NC(=O)c1cccc(C(N)=O)c1)c1ccccc1. The maximum atomic E-state index is 13.8. The number of primary amides is 1. The number of likely N-dealkylation sites (N-methyl/N-ethyl adjacent to an activating group) is 1. The van der Waals surface area contributed by atoms with Gasteiger partial charge in [0.25, 0.3) is 17.7 Å². The molecule has 0 bridgehead atoms. The molecular formula is C49H58N6O8S. The molecule has 1 aliphatic heterocycles. The molecule has 15 heteroatoms. The molecule has 338 valence electrons. The Balaban J connectivity index is 0.000000320. The van der Waals surface area contributed by atoms with Gasteiger partial charge in [-0.3, -0.25) is 28.4 Å². The molecule has 0 radical (unpaired) electrons. The van der Waals surface area contributed by atoms with E-state index in [1.165, 1.54) is 31.3 Å². The maximum Gasteiger partial charge on any atom is 0.251 e. The molecule has 0 aromatic heterocycles. The lowest BCUT2D eigenvalue weighted by molar-refractivity contribution is -0.0304. The molecule has 5 unspecified atom stereocenters. The van der Waals surface area contributed by atoms with E-state index in [-0.39, 0.29) is 47.6 Å². The van der Waals surface area contributed by atoms with Crippen LogP contribution in [0, 0.1) is 0 Å². The highest BCUT2D eigenvalue weighted by Gasteiger charge is 2.29. The van der Waals surface area contributed by atoms with Crippen molar-refractivity contribution < 1.29 is 37.4 Å². The first kappa shape index (κ1) is 48.6. The predicted molar refractivity (Wildman–Crippen MR) is 248 cm³/mol. The van der Waals surface area contributed by atoms with Crippen LogP contribution >= 0.6 is 0 Å². The van der Waals surface area contributed by atoms with E-state index in [0.717, 1.165) is 40.1 Å². The standard InChI is InChI=1S/C33H42N4O6S.C16H16N2O2/c1-23(25-14-9-6-10-15-25)34-32(39)26-19-27(21-28(20-26)37(3)44(4,41)42)33(40)35-29(18-24-12-7-5-8-13-24)30(38)22-36(2)31-16-11-17-43-31;1-11(12-6-3-2-4-7-12)18-16(20)14-9-5-8-13(10-14)15(17)19/h5-10,12-15,19-21,23,29-31,38H,11,16-18,22H2,1-4H3,(H,34,39)(H,35,40);2-11H,1H3,(H2,17,19)(H,18,20). The summed E-state index contributed by atoms with van der Waals surface area (Å²) in [6.07, 6.45) is 2.19. The fraction of sp³-hybridized carbons (Fsp3) is 0.306. The highest BCUT2D eigenvalue weighted by molar-refractivity contribution is 7.92. The number of anilines is 1. The third-order valence-electron chi connectivity index (χ3n) is 11.0. The summed E-state index contributed by atoms with van der Waals surface area (Å²) in [5, 5.41) is 20.1. The lowest BCUT2D eigenvalue weighted by Gasteiger charge is -2.31. The molecule has 0 saturated carbocycles. The van der Waals surface area contributed by atoms with E-state index >= 15 is 0 Å². The average molecular weight is 891 g/mol. The second-order valence-electron chi connectivity index (χ2n) is 15.9. The molecule has 1 aliphatic rings. The third-order valence-corrected chi connectivity index (χ3v) is 12.2. The van der Waals surface area contributed by atoms with Crippen molar-refractivity contribution >= 4 is 39.3 Å². The van der Waals surface area contributed by atoms with Crippen molar-refractivity contribution in [2.75, 3.05) is 37.8 Å². The summed E-state index contributed by atoms with van der Waals surface area (Å²) in [4.78, 5) is 52.3. The van der Waals surface area contributed by atoms with Crippen LogP contribution < -0.4 is 26.0 Å². The summed E-state index contributed by atoms with van der Waals surface area (Å²) in [5.74, 6) is -1.78. The molecule has 14 nitrogen and oxygen atoms in total. The molecule has 6 N–H and O–H groups in total. The van der Waals surface area contributed by atoms with Crippen LogP contribution in [0.5, 0.6) is 0 Å². The Morgan fingerprint density at radius 2 is 1.19 bits per heavy atom. The summed E-state index contributed by atoms with van der Waals surface area (Å²) in [7, 11) is -0.447. The van der Waals surface area contributed by atoms with Crippen LogP contribution in [0.2, 0.25) is 0 Å². The number of ether oxygens (including phenoxy) is 1. The zero-order valence-corrected chi connectivity index (χ0v) is 37.6. The van der Waals surface area contributed by atoms with Crippen LogP contribution in [-0.4, -0.2) is 93.9 Å². The topological polar surface area (TPSA) is 200 Å². The quantitative estimate of drug-likeness (QED) is 0.0786. The fourth-order valence-electron chi connectivity index (χ4n) is 7.12. The number of amides is 4. The predicted octanol–water partition coefficient (Wildman–Crippen LogP) is 5.62. The largest absolute Gasteiger partial charge is 0.390 e. The van der Waals surface area contributed by atoms with Gasteiger partial charge in [0, 0.05) is 42.5 Å². The number of nitrogens with one attached hydrogen (secondary N) is 3. The van der Waals surface area contributed by atoms with Gasteiger partial charge in [-0.15, -0.1) is 0 Å². The van der Waals surface area contributed by atoms with Gasteiger partial charge in [0.1, 0.15) is 6.23 Å². The third kappa shape index (κ3) is 14.1. The van der Waals surface area contributed by atoms with Gasteiger partial charge in [0.05, 0.1) is 36.2 Å². The zero-order valence-electron chi connectivity index (χ0n) is 36.8. The van der Waals surface area contributed by atoms with Crippen molar-refractivity contribution in [2.24, 2.45) is 5.73 Å². The lowest BCUT2D eigenvalue weighted by atomic mass is 9.99. The number of nitrogens with two attached hydrogens (primary N) is 1. The Morgan fingerprint density at radius 3 is 1.69 bits per heavy atom. The summed E-state index contributed by atoms with van der Waals surface area (Å²) >= 11 is 0. The monoisotopic (exact) mass is 890 g/mol. The van der Waals surface area contributed by atoms with Gasteiger partial charge in [-0.25, -0.2) is 8.42 Å². The summed E-state index contributed by atoms with van der Waals surface area (Å²) in [6, 6.07) is 38.2. The van der Waals surface area contributed by atoms with E-state index < -0.39 is 39.9 Å². The number of hydrogen-bond donors (Lipinski definition) is 5. The number of carbonyl (C=O) groups excluding carboxylic acids is 4. The van der Waals surface area contributed by atoms with Crippen molar-refractivity contribution in [1.29, 1.82) is 0 Å². The van der Waals surface area contributed by atoms with Gasteiger partial charge in [-0.05, 0) is 93.2 Å². The van der Waals surface area contributed by atoms with Crippen molar-refractivity contribution in [2.45, 2.75) is 63.6 Å². The Hall–Kier alpha value is -6.39. The number of benzene rings is 5. The lowest BCUT2D eigenvalue weighted by Crippen LogP contribution is -2.50. The smallest absolute Gasteiger partial charge is 0.251 e. The highest BCUT2D eigenvalue weighted by atomic mass is 32.2. The molecular weight excluding hydrogens is 833 g/mol. The first-order valence-electron chi connectivity index (χ1n) is 21.0. The highest BCUT2D eigenvalue weighted by Crippen LogP contribution is 2.23. The molecule has 5 aromatic rings. The second kappa shape index (κ2) is 22.8. The number of hydrogen-bond acceptors (Lipinski definition) is 9. The van der Waals surface area contributed by atoms with E-state index in [1.54, 1.807) is 18.2 Å². The molecule has 1 fully saturated rings. The van der Waals surface area contributed by atoms with Gasteiger partial charge in [-0.2, -0.15) is 0 Å². The molecule has 6 rings (SSSR count). The van der Waals surface area contributed by atoms with Crippen LogP contribution in [0.1, 0.15) is 96.9 Å². The van der Waals surface area contributed by atoms with Gasteiger partial charge < -0.3 is 31.5 Å². The first-order valence-corrected chi connectivity index (χ1v) is 22.9. The zero-order chi connectivity index (χ0) is 46.4. The molecule has 5 atom stereocenters. The van der Waals surface area contributed by atoms with Gasteiger partial charge >= 0.3 is 0 Å². The van der Waals surface area contributed by atoms with Crippen molar-refractivity contribution in [1.82, 2.24) is 20.9 Å². The van der Waals surface area contributed by atoms with Crippen LogP contribution in [-0.2, 0) is 21.2 Å². The number of carbonyl (C=O) groups is 4. The van der Waals surface area contributed by atoms with Crippen LogP contribution in [0.4, 0.5) is 5.69 Å². The number of aliphatic hydroxyl groups excluding tert-OH is 1. The van der Waals surface area contributed by atoms with Crippen LogP contribution in [0.15, 0.2) is 133 Å². The molecule has 4 amide bonds. The second-order valence-corrected chi connectivity index (χ2v) is 17.9. The van der Waals surface area contributed by atoms with E-state index in [4.69, 9.17) is 10.5 Å². The van der Waals surface area contributed by atoms with Gasteiger partial charge in [0.15, 0.2) is 0 Å². The van der Waals surface area contributed by atoms with E-state index in [1.807, 2.05) is 117 Å². The molecule has 0 spiro atoms. The Morgan fingerprint density at radius 1 is 0.703 bits per heavy atom. The number of sulfonamides is 1. The van der Waals surface area contributed by atoms with Crippen LogP contribution in [0.25, 0.3) is 0 Å². The normalized spacial score (nSPS) is 15.4. The minimum atomic E-state index is -3.69. The van der Waals surface area contributed by atoms with E-state index in [2.05, 4.69) is 16.0 Å². The van der Waals surface area contributed by atoms with Crippen molar-refractivity contribution in [3.63, 3.8) is 0 Å². The van der Waals surface area contributed by atoms with E-state index in [9.17, 15) is 32.7 Å². The molecule has 1 saturated heterocycles.